The second-order valence-corrected chi connectivity index (χ2v) is 7.50. The number of amides is 2. The Bertz CT molecular complexity index is 738. The lowest BCUT2D eigenvalue weighted by Gasteiger charge is -2.26. The lowest BCUT2D eigenvalue weighted by atomic mass is 10.1. The molecule has 1 atom stereocenters. The minimum absolute atomic E-state index is 0.0460. The first-order valence-corrected chi connectivity index (χ1v) is 9.41. The molecule has 1 aliphatic heterocycles. The molecule has 128 valence electrons. The number of likely N-dealkylation sites (N-methyl/N-ethyl adjacent to an activating group) is 1. The maximum Gasteiger partial charge on any atom is 0.244 e. The van der Waals surface area contributed by atoms with Crippen molar-refractivity contribution >= 4 is 33.2 Å². The van der Waals surface area contributed by atoms with Crippen molar-refractivity contribution in [3.05, 3.63) is 35.2 Å². The third kappa shape index (κ3) is 3.46. The average Bonchev–Trinajstić information content (AvgIpc) is 3.21. The monoisotopic (exact) mass is 344 g/mol. The lowest BCUT2D eigenvalue weighted by molar-refractivity contribution is -0.142. The van der Waals surface area contributed by atoms with Gasteiger partial charge in [-0.3, -0.25) is 9.59 Å². The Kier molecular flexibility index (Phi) is 5.19. The number of carbonyl (C=O) groups excluding carboxylic acids is 2. The van der Waals surface area contributed by atoms with E-state index in [9.17, 15) is 9.59 Å². The summed E-state index contributed by atoms with van der Waals surface area (Å²) in [5.74, 6) is 0.164. The van der Waals surface area contributed by atoms with Crippen molar-refractivity contribution in [3.63, 3.8) is 0 Å². The van der Waals surface area contributed by atoms with Crippen LogP contribution in [0.4, 0.5) is 0 Å². The largest absolute Gasteiger partial charge is 0.347 e. The van der Waals surface area contributed by atoms with Crippen molar-refractivity contribution in [3.8, 4) is 0 Å². The molecule has 1 fully saturated rings. The number of thiophene rings is 1. The summed E-state index contributed by atoms with van der Waals surface area (Å²) >= 11 is 1.76. The summed E-state index contributed by atoms with van der Waals surface area (Å²) in [5, 5.41) is 3.50. The first-order chi connectivity index (χ1) is 11.6. The molecule has 1 aliphatic rings. The van der Waals surface area contributed by atoms with Crippen molar-refractivity contribution in [2.75, 3.05) is 20.6 Å². The summed E-state index contributed by atoms with van der Waals surface area (Å²) in [7, 11) is 3.51. The molecule has 2 amide bonds. The van der Waals surface area contributed by atoms with E-state index in [1.54, 1.807) is 35.2 Å². The molecule has 0 spiro atoms. The highest BCUT2D eigenvalue weighted by atomic mass is 32.1. The topological polar surface area (TPSA) is 40.6 Å². The van der Waals surface area contributed by atoms with Gasteiger partial charge in [0.25, 0.3) is 0 Å². The smallest absolute Gasteiger partial charge is 0.244 e. The molecule has 5 heteroatoms. The Hall–Kier alpha value is -1.88. The van der Waals surface area contributed by atoms with Gasteiger partial charge in [0.05, 0.1) is 0 Å². The molecule has 1 aromatic carbocycles. The van der Waals surface area contributed by atoms with Gasteiger partial charge in [-0.15, -0.1) is 11.3 Å². The van der Waals surface area contributed by atoms with Crippen LogP contribution < -0.4 is 0 Å². The van der Waals surface area contributed by atoms with Crippen LogP contribution in [-0.4, -0.2) is 48.3 Å². The van der Waals surface area contributed by atoms with Crippen LogP contribution in [0.2, 0.25) is 0 Å². The van der Waals surface area contributed by atoms with Crippen molar-refractivity contribution in [1.82, 2.24) is 9.80 Å². The third-order valence-corrected chi connectivity index (χ3v) is 5.71. The fourth-order valence-corrected chi connectivity index (χ4v) is 4.42. The Labute approximate surface area is 147 Å². The van der Waals surface area contributed by atoms with E-state index in [1.807, 2.05) is 0 Å². The third-order valence-electron chi connectivity index (χ3n) is 4.70. The Balaban J connectivity index is 1.56. The van der Waals surface area contributed by atoms with Crippen LogP contribution >= 0.6 is 11.3 Å². The zero-order valence-electron chi connectivity index (χ0n) is 14.3. The number of carbonyl (C=O) groups is 2. The van der Waals surface area contributed by atoms with Gasteiger partial charge in [-0.25, -0.2) is 0 Å². The quantitative estimate of drug-likeness (QED) is 0.835. The molecule has 3 rings (SSSR count). The van der Waals surface area contributed by atoms with E-state index < -0.39 is 0 Å². The maximum absolute atomic E-state index is 12.5. The molecule has 24 heavy (non-hydrogen) atoms. The highest BCUT2D eigenvalue weighted by Crippen LogP contribution is 2.27. The van der Waals surface area contributed by atoms with Gasteiger partial charge in [-0.1, -0.05) is 18.2 Å². The summed E-state index contributed by atoms with van der Waals surface area (Å²) in [6.45, 7) is 0.713. The summed E-state index contributed by atoms with van der Waals surface area (Å²) in [6, 6.07) is 8.15. The van der Waals surface area contributed by atoms with Crippen LogP contribution in [0.3, 0.4) is 0 Å². The number of fused-ring (bicyclic) bond motifs is 1. The second kappa shape index (κ2) is 7.34. The number of hydrogen-bond donors (Lipinski definition) is 0. The number of benzene rings is 1. The van der Waals surface area contributed by atoms with Crippen LogP contribution in [0.15, 0.2) is 29.6 Å². The minimum Gasteiger partial charge on any atom is -0.347 e. The van der Waals surface area contributed by atoms with Gasteiger partial charge >= 0.3 is 0 Å². The number of likely N-dealkylation sites (tertiary alicyclic amines) is 1. The Morgan fingerprint density at radius 2 is 2.08 bits per heavy atom. The lowest BCUT2D eigenvalue weighted by Crippen LogP contribution is -2.45. The van der Waals surface area contributed by atoms with Gasteiger partial charge in [0.15, 0.2) is 0 Å². The molecular formula is C19H24N2O2S. The van der Waals surface area contributed by atoms with Crippen molar-refractivity contribution < 1.29 is 9.59 Å². The van der Waals surface area contributed by atoms with Crippen LogP contribution in [0.5, 0.6) is 0 Å². The maximum atomic E-state index is 12.5. The minimum atomic E-state index is -0.255. The zero-order valence-corrected chi connectivity index (χ0v) is 15.1. The summed E-state index contributed by atoms with van der Waals surface area (Å²) in [4.78, 5) is 28.1. The Morgan fingerprint density at radius 1 is 1.29 bits per heavy atom. The highest BCUT2D eigenvalue weighted by Gasteiger charge is 2.34. The SMILES string of the molecule is CN(C)C(=O)C1CCCN1C(=O)CCCc1csc2ccccc12. The standard InChI is InChI=1S/C19H24N2O2S/c1-20(2)19(23)16-9-6-12-21(16)18(22)11-5-7-14-13-24-17-10-4-3-8-15(14)17/h3-4,8,10,13,16H,5-7,9,11-12H2,1-2H3. The average molecular weight is 344 g/mol. The molecule has 4 nitrogen and oxygen atoms in total. The van der Waals surface area contributed by atoms with E-state index in [-0.39, 0.29) is 17.9 Å². The van der Waals surface area contributed by atoms with E-state index in [0.29, 0.717) is 13.0 Å². The molecule has 0 saturated carbocycles. The highest BCUT2D eigenvalue weighted by molar-refractivity contribution is 7.17. The van der Waals surface area contributed by atoms with E-state index in [0.717, 1.165) is 25.7 Å². The number of aryl methyl sites for hydroxylation is 1. The molecule has 2 heterocycles. The van der Waals surface area contributed by atoms with E-state index in [1.165, 1.54) is 15.6 Å². The molecule has 0 bridgehead atoms. The predicted molar refractivity (Wildman–Crippen MR) is 98.2 cm³/mol. The molecule has 0 radical (unpaired) electrons. The first-order valence-electron chi connectivity index (χ1n) is 8.53. The summed E-state index contributed by atoms with van der Waals surface area (Å²) < 4.78 is 1.30. The van der Waals surface area contributed by atoms with Crippen molar-refractivity contribution in [2.45, 2.75) is 38.1 Å². The summed E-state index contributed by atoms with van der Waals surface area (Å²) in [5.41, 5.74) is 1.32. The van der Waals surface area contributed by atoms with Gasteiger partial charge < -0.3 is 9.80 Å². The van der Waals surface area contributed by atoms with Gasteiger partial charge in [-0.2, -0.15) is 0 Å². The summed E-state index contributed by atoms with van der Waals surface area (Å²) in [6.07, 6.45) is 3.97. The second-order valence-electron chi connectivity index (χ2n) is 6.59. The van der Waals surface area contributed by atoms with Gasteiger partial charge in [0.2, 0.25) is 11.8 Å². The van der Waals surface area contributed by atoms with Crippen molar-refractivity contribution in [2.24, 2.45) is 0 Å². The normalized spacial score (nSPS) is 17.4. The molecule has 0 aliphatic carbocycles. The fraction of sp³-hybridized carbons (Fsp3) is 0.474. The number of hydrogen-bond acceptors (Lipinski definition) is 3. The van der Waals surface area contributed by atoms with Gasteiger partial charge in [0, 0.05) is 31.8 Å². The van der Waals surface area contributed by atoms with E-state index in [2.05, 4.69) is 29.6 Å². The van der Waals surface area contributed by atoms with Crippen LogP contribution in [0.25, 0.3) is 10.1 Å². The van der Waals surface area contributed by atoms with Crippen LogP contribution in [0, 0.1) is 0 Å². The molecule has 1 saturated heterocycles. The fourth-order valence-electron chi connectivity index (χ4n) is 3.42. The molecular weight excluding hydrogens is 320 g/mol. The van der Waals surface area contributed by atoms with Gasteiger partial charge in [0.1, 0.15) is 6.04 Å². The van der Waals surface area contributed by atoms with Gasteiger partial charge in [-0.05, 0) is 48.1 Å². The first kappa shape index (κ1) is 17.0. The predicted octanol–water partition coefficient (Wildman–Crippen LogP) is 3.30. The number of nitrogens with zero attached hydrogens (tertiary/aromatic N) is 2. The van der Waals surface area contributed by atoms with Crippen LogP contribution in [0.1, 0.15) is 31.2 Å². The van der Waals surface area contributed by atoms with Crippen LogP contribution in [-0.2, 0) is 16.0 Å². The molecule has 1 unspecified atom stereocenters. The number of rotatable bonds is 5. The van der Waals surface area contributed by atoms with Crippen molar-refractivity contribution in [1.29, 1.82) is 0 Å². The zero-order chi connectivity index (χ0) is 17.1. The van der Waals surface area contributed by atoms with E-state index in [4.69, 9.17) is 0 Å². The molecule has 1 aromatic heterocycles. The Morgan fingerprint density at radius 3 is 2.88 bits per heavy atom. The molecule has 2 aromatic rings. The van der Waals surface area contributed by atoms with E-state index >= 15 is 0 Å². The molecule has 0 N–H and O–H groups in total.